The van der Waals surface area contributed by atoms with E-state index < -0.39 is 0 Å². The molecule has 1 aromatic rings. The highest BCUT2D eigenvalue weighted by molar-refractivity contribution is 7.10. The summed E-state index contributed by atoms with van der Waals surface area (Å²) in [6.45, 7) is 3.23. The van der Waals surface area contributed by atoms with Gasteiger partial charge in [0.25, 0.3) is 0 Å². The van der Waals surface area contributed by atoms with Crippen molar-refractivity contribution in [3.8, 4) is 11.8 Å². The Balaban J connectivity index is 1.82. The van der Waals surface area contributed by atoms with Crippen LogP contribution in [0.5, 0.6) is 0 Å². The first-order chi connectivity index (χ1) is 9.70. The zero-order valence-electron chi connectivity index (χ0n) is 11.5. The van der Waals surface area contributed by atoms with Crippen LogP contribution >= 0.6 is 11.3 Å². The van der Waals surface area contributed by atoms with Gasteiger partial charge in [0.2, 0.25) is 5.91 Å². The normalized spacial score (nSPS) is 21.3. The average molecular weight is 293 g/mol. The summed E-state index contributed by atoms with van der Waals surface area (Å²) in [5.74, 6) is 5.90. The Kier molecular flexibility index (Phi) is 5.60. The van der Waals surface area contributed by atoms with E-state index in [9.17, 15) is 4.79 Å². The van der Waals surface area contributed by atoms with Crippen molar-refractivity contribution >= 4 is 17.2 Å². The molecule has 0 saturated carbocycles. The van der Waals surface area contributed by atoms with E-state index in [0.717, 1.165) is 16.9 Å². The highest BCUT2D eigenvalue weighted by Crippen LogP contribution is 2.21. The number of aliphatic hydroxyl groups is 1. The molecule has 1 aliphatic heterocycles. The second kappa shape index (κ2) is 7.44. The van der Waals surface area contributed by atoms with Crippen molar-refractivity contribution in [2.75, 3.05) is 13.2 Å². The fourth-order valence-corrected chi connectivity index (χ4v) is 2.90. The summed E-state index contributed by atoms with van der Waals surface area (Å²) in [5.41, 5.74) is 0.935. The Morgan fingerprint density at radius 3 is 3.20 bits per heavy atom. The summed E-state index contributed by atoms with van der Waals surface area (Å²) in [4.78, 5) is 13.1. The summed E-state index contributed by atoms with van der Waals surface area (Å²) < 4.78 is 5.40. The Bertz CT molecular complexity index is 515. The summed E-state index contributed by atoms with van der Waals surface area (Å²) in [7, 11) is 0. The number of ether oxygens (including phenoxy) is 1. The molecule has 1 aromatic heterocycles. The Morgan fingerprint density at radius 2 is 2.50 bits per heavy atom. The monoisotopic (exact) mass is 293 g/mol. The number of amides is 1. The maximum atomic E-state index is 12.0. The first-order valence-corrected chi connectivity index (χ1v) is 7.65. The number of aliphatic hydroxyl groups excluding tert-OH is 1. The van der Waals surface area contributed by atoms with Gasteiger partial charge in [-0.2, -0.15) is 0 Å². The molecule has 108 valence electrons. The first kappa shape index (κ1) is 15.0. The molecule has 5 heteroatoms. The van der Waals surface area contributed by atoms with Gasteiger partial charge in [0.15, 0.2) is 0 Å². The van der Waals surface area contributed by atoms with Crippen molar-refractivity contribution in [3.05, 3.63) is 21.9 Å². The molecule has 4 nitrogen and oxygen atoms in total. The van der Waals surface area contributed by atoms with Crippen molar-refractivity contribution in [2.45, 2.75) is 32.4 Å². The van der Waals surface area contributed by atoms with Gasteiger partial charge in [-0.05, 0) is 19.4 Å². The molecule has 1 amide bonds. The lowest BCUT2D eigenvalue weighted by atomic mass is 10.0. The Morgan fingerprint density at radius 1 is 1.65 bits per heavy atom. The Hall–Kier alpha value is -1.35. The smallest absolute Gasteiger partial charge is 0.226 e. The molecular formula is C15H19NO3S. The SMILES string of the molecule is CC1OCCC1C(=O)NCc1cc(C#CCCO)cs1. The van der Waals surface area contributed by atoms with E-state index in [-0.39, 0.29) is 24.5 Å². The van der Waals surface area contributed by atoms with Gasteiger partial charge in [-0.25, -0.2) is 0 Å². The standard InChI is InChI=1S/C15H19NO3S/c1-11-14(5-7-19-11)15(18)16-9-13-8-12(10-20-13)4-2-3-6-17/h8,10-11,14,17H,3,5-7,9H2,1H3,(H,16,18). The molecular weight excluding hydrogens is 274 g/mol. The van der Waals surface area contributed by atoms with Crippen LogP contribution in [0.15, 0.2) is 11.4 Å². The number of carbonyl (C=O) groups is 1. The molecule has 2 N–H and O–H groups in total. The Labute approximate surface area is 123 Å². The van der Waals surface area contributed by atoms with E-state index in [1.165, 1.54) is 0 Å². The topological polar surface area (TPSA) is 58.6 Å². The second-order valence-corrected chi connectivity index (χ2v) is 5.76. The largest absolute Gasteiger partial charge is 0.395 e. The second-order valence-electron chi connectivity index (χ2n) is 4.77. The third-order valence-corrected chi connectivity index (χ3v) is 4.21. The van der Waals surface area contributed by atoms with Crippen LogP contribution < -0.4 is 5.32 Å². The minimum atomic E-state index is -0.0289. The zero-order valence-corrected chi connectivity index (χ0v) is 12.3. The van der Waals surface area contributed by atoms with E-state index in [1.807, 2.05) is 18.4 Å². The van der Waals surface area contributed by atoms with Crippen molar-refractivity contribution in [3.63, 3.8) is 0 Å². The quantitative estimate of drug-likeness (QED) is 0.828. The molecule has 2 rings (SSSR count). The van der Waals surface area contributed by atoms with Gasteiger partial charge in [0.05, 0.1) is 25.2 Å². The fourth-order valence-electron chi connectivity index (χ4n) is 2.14. The summed E-state index contributed by atoms with van der Waals surface area (Å²) in [6, 6.07) is 1.98. The molecule has 1 saturated heterocycles. The summed E-state index contributed by atoms with van der Waals surface area (Å²) in [6.07, 6.45) is 1.30. The molecule has 0 spiro atoms. The maximum absolute atomic E-state index is 12.0. The minimum Gasteiger partial charge on any atom is -0.395 e. The van der Waals surface area contributed by atoms with E-state index in [1.54, 1.807) is 11.3 Å². The highest BCUT2D eigenvalue weighted by atomic mass is 32.1. The van der Waals surface area contributed by atoms with E-state index >= 15 is 0 Å². The van der Waals surface area contributed by atoms with Gasteiger partial charge in [-0.3, -0.25) is 4.79 Å². The number of carbonyl (C=O) groups excluding carboxylic acids is 1. The minimum absolute atomic E-state index is 0.0123. The van der Waals surface area contributed by atoms with E-state index in [2.05, 4.69) is 17.2 Å². The van der Waals surface area contributed by atoms with Gasteiger partial charge < -0.3 is 15.2 Å². The maximum Gasteiger partial charge on any atom is 0.226 e. The molecule has 20 heavy (non-hydrogen) atoms. The summed E-state index contributed by atoms with van der Waals surface area (Å²) in [5, 5.41) is 13.6. The van der Waals surface area contributed by atoms with E-state index in [0.29, 0.717) is 19.6 Å². The van der Waals surface area contributed by atoms with Crippen molar-refractivity contribution in [2.24, 2.45) is 5.92 Å². The fraction of sp³-hybridized carbons (Fsp3) is 0.533. The lowest BCUT2D eigenvalue weighted by Gasteiger charge is -2.13. The van der Waals surface area contributed by atoms with Crippen molar-refractivity contribution in [1.29, 1.82) is 0 Å². The van der Waals surface area contributed by atoms with Crippen LogP contribution in [0.3, 0.4) is 0 Å². The van der Waals surface area contributed by atoms with E-state index in [4.69, 9.17) is 9.84 Å². The van der Waals surface area contributed by atoms with Gasteiger partial charge in [0, 0.05) is 28.8 Å². The third kappa shape index (κ3) is 4.07. The molecule has 2 atom stereocenters. The lowest BCUT2D eigenvalue weighted by molar-refractivity contribution is -0.126. The molecule has 1 aliphatic rings. The van der Waals surface area contributed by atoms with Gasteiger partial charge >= 0.3 is 0 Å². The number of hydrogen-bond acceptors (Lipinski definition) is 4. The zero-order chi connectivity index (χ0) is 14.4. The predicted octanol–water partition coefficient (Wildman–Crippen LogP) is 1.52. The van der Waals surface area contributed by atoms with Crippen LogP contribution in [0.4, 0.5) is 0 Å². The van der Waals surface area contributed by atoms with Crippen LogP contribution in [0, 0.1) is 17.8 Å². The van der Waals surface area contributed by atoms with Crippen LogP contribution in [0.25, 0.3) is 0 Å². The van der Waals surface area contributed by atoms with Gasteiger partial charge in [-0.1, -0.05) is 11.8 Å². The van der Waals surface area contributed by atoms with Crippen LogP contribution in [0.1, 0.15) is 30.2 Å². The number of rotatable bonds is 4. The lowest BCUT2D eigenvalue weighted by Crippen LogP contribution is -2.33. The molecule has 2 heterocycles. The van der Waals surface area contributed by atoms with Crippen molar-refractivity contribution < 1.29 is 14.6 Å². The number of thiophene rings is 1. The molecule has 0 bridgehead atoms. The molecule has 1 fully saturated rings. The molecule has 0 aromatic carbocycles. The van der Waals surface area contributed by atoms with Gasteiger partial charge in [0.1, 0.15) is 0 Å². The molecule has 0 aliphatic carbocycles. The van der Waals surface area contributed by atoms with Crippen LogP contribution in [0.2, 0.25) is 0 Å². The summed E-state index contributed by atoms with van der Waals surface area (Å²) >= 11 is 1.58. The highest BCUT2D eigenvalue weighted by Gasteiger charge is 2.30. The number of nitrogens with one attached hydrogen (secondary N) is 1. The van der Waals surface area contributed by atoms with Gasteiger partial charge in [-0.15, -0.1) is 11.3 Å². The average Bonchev–Trinajstić information content (AvgIpc) is 3.05. The van der Waals surface area contributed by atoms with Crippen LogP contribution in [-0.2, 0) is 16.1 Å². The molecule has 2 unspecified atom stereocenters. The van der Waals surface area contributed by atoms with Crippen LogP contribution in [-0.4, -0.2) is 30.3 Å². The number of hydrogen-bond donors (Lipinski definition) is 2. The first-order valence-electron chi connectivity index (χ1n) is 6.77. The third-order valence-electron chi connectivity index (χ3n) is 3.27. The van der Waals surface area contributed by atoms with Crippen molar-refractivity contribution in [1.82, 2.24) is 5.32 Å². The predicted molar refractivity (Wildman–Crippen MR) is 78.3 cm³/mol. The molecule has 0 radical (unpaired) electrons.